The van der Waals surface area contributed by atoms with E-state index in [2.05, 4.69) is 50.6 Å². The van der Waals surface area contributed by atoms with Crippen molar-refractivity contribution in [1.29, 1.82) is 0 Å². The number of benzene rings is 6. The summed E-state index contributed by atoms with van der Waals surface area (Å²) in [5.41, 5.74) is 7.28. The van der Waals surface area contributed by atoms with Crippen LogP contribution in [-0.4, -0.2) is 125 Å². The molecule has 0 saturated heterocycles. The van der Waals surface area contributed by atoms with Gasteiger partial charge in [-0.05, 0) is 120 Å². The zero-order valence-electron chi connectivity index (χ0n) is 52.7. The van der Waals surface area contributed by atoms with Gasteiger partial charge in [0.2, 0.25) is 0 Å². The van der Waals surface area contributed by atoms with Crippen molar-refractivity contribution in [2.45, 2.75) is 51.5 Å². The molecule has 9 rings (SSSR count). The molecule has 0 radical (unpaired) electrons. The van der Waals surface area contributed by atoms with Crippen LogP contribution in [-0.2, 0) is 51.4 Å². The lowest BCUT2D eigenvalue weighted by Crippen LogP contribution is -2.18. The molecule has 0 aliphatic rings. The Morgan fingerprint density at radius 2 is 0.948 bits per heavy atom. The van der Waals surface area contributed by atoms with E-state index >= 15 is 0 Å². The molecule has 9 aromatic rings. The predicted molar refractivity (Wildman–Crippen MR) is 355 cm³/mol. The molecule has 1 unspecified atom stereocenters. The number of hydrogen-bond acceptors (Lipinski definition) is 17. The molecule has 22 nitrogen and oxygen atoms in total. The number of carboxylic acids is 2. The van der Waals surface area contributed by atoms with Gasteiger partial charge in [0.05, 0.1) is 28.5 Å². The first-order valence-electron chi connectivity index (χ1n) is 29.0. The van der Waals surface area contributed by atoms with Gasteiger partial charge in [-0.3, -0.25) is 28.8 Å². The molecule has 0 fully saturated rings. The van der Waals surface area contributed by atoms with Crippen molar-refractivity contribution in [3.05, 3.63) is 242 Å². The number of aliphatic carboxylic acids is 2. The zero-order chi connectivity index (χ0) is 69.8. The first kappa shape index (κ1) is 72.3. The van der Waals surface area contributed by atoms with E-state index in [1.54, 1.807) is 97.0 Å². The van der Waals surface area contributed by atoms with E-state index in [4.69, 9.17) is 38.2 Å². The Bertz CT molecular complexity index is 4190. The van der Waals surface area contributed by atoms with Crippen molar-refractivity contribution in [1.82, 2.24) is 29.9 Å². The number of carbonyl (C=O) groups excluding carboxylic acids is 4. The second kappa shape index (κ2) is 33.6. The van der Waals surface area contributed by atoms with Crippen LogP contribution in [0.25, 0.3) is 0 Å². The van der Waals surface area contributed by atoms with Crippen molar-refractivity contribution in [2.24, 2.45) is 0 Å². The number of carboxylic acid groups (broad SMARTS) is 2. The van der Waals surface area contributed by atoms with E-state index in [0.29, 0.717) is 104 Å². The molecule has 0 bridgehead atoms. The van der Waals surface area contributed by atoms with E-state index in [1.165, 1.54) is 48.7 Å². The summed E-state index contributed by atoms with van der Waals surface area (Å²) in [6, 6.07) is 36.3. The number of alkyl halides is 3. The third-order valence-corrected chi connectivity index (χ3v) is 14.5. The minimum absolute atomic E-state index is 0.111. The standard InChI is InChI=1S/C23H22Cl2N4O3.C23H21F3N4O4.C22H21FN4O3/c1-13(21-26-12-16(11-20(30)31)22(28-21)29(2)3)14-4-7-17(8-5-14)27-23(32)15-6-9-18(24)19(25)10-15;1-30(2)21-16(12-20(31)32)13-27-19(29-21)11-14-3-7-17(8-4-14)28-22(33)15-5-9-18(10-6-15)34-23(24,25)26;1-27(2)21-17(13-30-14-28)12-24-20(26-21)11-15-3-9-19(10-4-15)25-22(29)16-5-7-18(23)8-6-16/h4-10,12-13H,11H2,1-3H3,(H,27,32)(H,30,31);3-10,13H,11-12H2,1-2H3,(H,28,33)(H,31,32);3-10,12,14H,11,13H2,1-2H3,(H,25,29). The number of nitrogens with zero attached hydrogens (tertiary/aromatic N) is 9. The van der Waals surface area contributed by atoms with Gasteiger partial charge in [-0.15, -0.1) is 13.2 Å². The van der Waals surface area contributed by atoms with E-state index < -0.39 is 30.0 Å². The first-order chi connectivity index (χ1) is 45.6. The number of aromatic nitrogens is 6. The molecule has 3 heterocycles. The van der Waals surface area contributed by atoms with Gasteiger partial charge in [-0.25, -0.2) is 34.3 Å². The minimum atomic E-state index is -4.80. The first-order valence-corrected chi connectivity index (χ1v) is 29.7. The third kappa shape index (κ3) is 21.7. The minimum Gasteiger partial charge on any atom is -0.481 e. The molecule has 0 aliphatic heterocycles. The van der Waals surface area contributed by atoms with Crippen molar-refractivity contribution in [3.8, 4) is 5.75 Å². The Morgan fingerprint density at radius 3 is 1.39 bits per heavy atom. The summed E-state index contributed by atoms with van der Waals surface area (Å²) in [5.74, 6) is -0.424. The highest BCUT2D eigenvalue weighted by Crippen LogP contribution is 2.29. The average Bonchev–Trinajstić information content (AvgIpc) is 0.941. The Balaban J connectivity index is 0.000000204. The fourth-order valence-electron chi connectivity index (χ4n) is 9.06. The molecule has 3 aromatic heterocycles. The number of carbonyl (C=O) groups is 6. The van der Waals surface area contributed by atoms with Crippen LogP contribution in [0.5, 0.6) is 5.75 Å². The Morgan fingerprint density at radius 1 is 0.542 bits per heavy atom. The second-order valence-electron chi connectivity index (χ2n) is 21.7. The molecule has 498 valence electrons. The molecular formula is C68H64Cl2F4N12O10. The van der Waals surface area contributed by atoms with E-state index in [9.17, 15) is 46.3 Å². The number of amides is 3. The number of ether oxygens (including phenoxy) is 2. The molecule has 5 N–H and O–H groups in total. The zero-order valence-corrected chi connectivity index (χ0v) is 54.2. The van der Waals surface area contributed by atoms with E-state index in [0.717, 1.165) is 34.4 Å². The summed E-state index contributed by atoms with van der Waals surface area (Å²) in [6.07, 6.45) is 0.490. The topological polar surface area (TPSA) is 284 Å². The van der Waals surface area contributed by atoms with Gasteiger partial charge in [0.1, 0.15) is 53.1 Å². The lowest BCUT2D eigenvalue weighted by atomic mass is 9.99. The third-order valence-electron chi connectivity index (χ3n) is 13.7. The smallest absolute Gasteiger partial charge is 0.481 e. The lowest BCUT2D eigenvalue weighted by molar-refractivity contribution is -0.274. The Labute approximate surface area is 558 Å². The highest BCUT2D eigenvalue weighted by atomic mass is 35.5. The SMILES string of the molecule is CC(c1ccc(NC(=O)c2ccc(Cl)c(Cl)c2)cc1)c1ncc(CC(=O)O)c(N(C)C)n1.CN(C)c1nc(Cc2ccc(NC(=O)c3ccc(F)cc3)cc2)ncc1COC=O.CN(C)c1nc(Cc2ccc(NC(=O)c3ccc(OC(F)(F)F)cc3)cc2)ncc1CC(=O)O. The molecule has 0 spiro atoms. The van der Waals surface area contributed by atoms with Gasteiger partial charge in [0.15, 0.2) is 0 Å². The van der Waals surface area contributed by atoms with Gasteiger partial charge >= 0.3 is 18.3 Å². The molecule has 28 heteroatoms. The number of nitrogens with one attached hydrogen (secondary N) is 3. The molecule has 96 heavy (non-hydrogen) atoms. The van der Waals surface area contributed by atoms with Crippen LogP contribution in [0, 0.1) is 5.82 Å². The summed E-state index contributed by atoms with van der Waals surface area (Å²) >= 11 is 11.9. The van der Waals surface area contributed by atoms with Crippen LogP contribution in [0.1, 0.15) is 94.8 Å². The van der Waals surface area contributed by atoms with Crippen LogP contribution in [0.3, 0.4) is 0 Å². The fourth-order valence-corrected chi connectivity index (χ4v) is 9.35. The number of halogens is 6. The molecule has 6 aromatic carbocycles. The molecule has 1 atom stereocenters. The van der Waals surface area contributed by atoms with Crippen molar-refractivity contribution >= 4 is 93.8 Å². The molecule has 3 amide bonds. The summed E-state index contributed by atoms with van der Waals surface area (Å²) in [5, 5.41) is 27.1. The predicted octanol–water partition coefficient (Wildman–Crippen LogP) is 12.0. The molecular weight excluding hydrogens is 1290 g/mol. The summed E-state index contributed by atoms with van der Waals surface area (Å²) < 4.78 is 58.3. The van der Waals surface area contributed by atoms with Gasteiger partial charge in [-0.2, -0.15) is 0 Å². The summed E-state index contributed by atoms with van der Waals surface area (Å²) in [4.78, 5) is 102. The van der Waals surface area contributed by atoms with Gasteiger partial charge < -0.3 is 50.3 Å². The highest BCUT2D eigenvalue weighted by Gasteiger charge is 2.31. The number of anilines is 6. The monoisotopic (exact) mass is 1350 g/mol. The molecule has 0 saturated carbocycles. The molecule has 0 aliphatic carbocycles. The van der Waals surface area contributed by atoms with E-state index in [1.807, 2.05) is 64.3 Å². The van der Waals surface area contributed by atoms with Gasteiger partial charge in [0.25, 0.3) is 24.2 Å². The maximum atomic E-state index is 13.0. The summed E-state index contributed by atoms with van der Waals surface area (Å²) in [7, 11) is 10.9. The van der Waals surface area contributed by atoms with Crippen molar-refractivity contribution < 1.29 is 66.0 Å². The maximum absolute atomic E-state index is 13.0. The maximum Gasteiger partial charge on any atom is 0.573 e. The highest BCUT2D eigenvalue weighted by molar-refractivity contribution is 6.42. The number of rotatable bonds is 23. The van der Waals surface area contributed by atoms with Crippen molar-refractivity contribution in [3.63, 3.8) is 0 Å². The Kier molecular flexibility index (Phi) is 25.3. The normalized spacial score (nSPS) is 11.1. The van der Waals surface area contributed by atoms with Crippen molar-refractivity contribution in [2.75, 3.05) is 72.9 Å². The largest absolute Gasteiger partial charge is 0.573 e. The number of hydrogen-bond donors (Lipinski definition) is 5. The van der Waals surface area contributed by atoms with Crippen LogP contribution in [0.2, 0.25) is 10.0 Å². The van der Waals surface area contributed by atoms with Crippen LogP contribution in [0.15, 0.2) is 158 Å². The van der Waals surface area contributed by atoms with Gasteiger partial charge in [-0.1, -0.05) is 66.5 Å². The van der Waals surface area contributed by atoms with Crippen LogP contribution >= 0.6 is 23.2 Å². The lowest BCUT2D eigenvalue weighted by Gasteiger charge is -2.18. The van der Waals surface area contributed by atoms with Gasteiger partial charge in [0, 0.05) is 125 Å². The quantitative estimate of drug-likeness (QED) is 0.0294. The Hall–Kier alpha value is -11.1. The van der Waals surface area contributed by atoms with Crippen LogP contribution < -0.4 is 35.4 Å². The summed E-state index contributed by atoms with van der Waals surface area (Å²) in [6.45, 7) is 2.47. The second-order valence-corrected chi connectivity index (χ2v) is 22.6. The fraction of sp³-hybridized carbons (Fsp3) is 0.206. The average molecular weight is 1360 g/mol. The van der Waals surface area contributed by atoms with E-state index in [-0.39, 0.29) is 48.6 Å². The van der Waals surface area contributed by atoms with Crippen LogP contribution in [0.4, 0.5) is 52.1 Å².